The van der Waals surface area contributed by atoms with E-state index < -0.39 is 5.41 Å². The Balaban J connectivity index is 2.17. The molecule has 3 heteroatoms. The van der Waals surface area contributed by atoms with Crippen molar-refractivity contribution in [2.45, 2.75) is 13.3 Å². The van der Waals surface area contributed by atoms with Crippen LogP contribution < -0.4 is 0 Å². The van der Waals surface area contributed by atoms with Gasteiger partial charge in [-0.05, 0) is 25.2 Å². The molecule has 0 aromatic rings. The van der Waals surface area contributed by atoms with Crippen LogP contribution in [0.4, 0.5) is 0 Å². The first-order valence-electron chi connectivity index (χ1n) is 4.58. The van der Waals surface area contributed by atoms with Gasteiger partial charge in [-0.25, -0.2) is 0 Å². The zero-order chi connectivity index (χ0) is 9.22. The maximum absolute atomic E-state index is 11.5. The van der Waals surface area contributed by atoms with E-state index in [1.54, 1.807) is 0 Å². The summed E-state index contributed by atoms with van der Waals surface area (Å²) >= 11 is 0. The van der Waals surface area contributed by atoms with Gasteiger partial charge < -0.3 is 4.74 Å². The van der Waals surface area contributed by atoms with Gasteiger partial charge in [0.25, 0.3) is 0 Å². The lowest BCUT2D eigenvalue weighted by atomic mass is 9.72. The van der Waals surface area contributed by atoms with Crippen molar-refractivity contribution >= 4 is 11.9 Å². The van der Waals surface area contributed by atoms with Crippen LogP contribution in [-0.4, -0.2) is 11.9 Å². The molecular weight excluding hydrogens is 168 g/mol. The topological polar surface area (TPSA) is 43.4 Å². The number of ether oxygens (including phenoxy) is 1. The normalized spacial score (nSPS) is 51.3. The summed E-state index contributed by atoms with van der Waals surface area (Å²) in [7, 11) is 0. The number of rotatable bonds is 0. The van der Waals surface area contributed by atoms with Gasteiger partial charge in [0.1, 0.15) is 0 Å². The number of fused-ring (bicyclic) bond motifs is 5. The minimum absolute atomic E-state index is 0.199. The summed E-state index contributed by atoms with van der Waals surface area (Å²) in [5.74, 6) is -0.367. The van der Waals surface area contributed by atoms with Gasteiger partial charge in [0.2, 0.25) is 0 Å². The van der Waals surface area contributed by atoms with Crippen LogP contribution in [0.3, 0.4) is 0 Å². The van der Waals surface area contributed by atoms with Crippen molar-refractivity contribution < 1.29 is 14.3 Å². The monoisotopic (exact) mass is 178 g/mol. The Morgan fingerprint density at radius 1 is 1.46 bits per heavy atom. The zero-order valence-electron chi connectivity index (χ0n) is 7.32. The van der Waals surface area contributed by atoms with Gasteiger partial charge in [-0.15, -0.1) is 0 Å². The van der Waals surface area contributed by atoms with Crippen LogP contribution in [0.5, 0.6) is 0 Å². The highest BCUT2D eigenvalue weighted by atomic mass is 16.6. The van der Waals surface area contributed by atoms with E-state index in [1.807, 2.05) is 6.92 Å². The smallest absolute Gasteiger partial charge is 0.320 e. The minimum atomic E-state index is -0.545. The Morgan fingerprint density at radius 2 is 2.23 bits per heavy atom. The largest absolute Gasteiger partial charge is 0.392 e. The van der Waals surface area contributed by atoms with Crippen molar-refractivity contribution in [1.82, 2.24) is 0 Å². The van der Waals surface area contributed by atoms with Crippen molar-refractivity contribution in [3.8, 4) is 0 Å². The highest BCUT2D eigenvalue weighted by Crippen LogP contribution is 2.59. The van der Waals surface area contributed by atoms with Gasteiger partial charge in [0.05, 0.1) is 11.3 Å². The molecule has 2 unspecified atom stereocenters. The SMILES string of the molecule is C[C@]12C(=O)OC(=O)[C@H]1C1C=CC2C1. The number of allylic oxidation sites excluding steroid dienone is 2. The molecule has 1 saturated heterocycles. The Hall–Kier alpha value is -1.12. The number of carbonyl (C=O) groups is 2. The van der Waals surface area contributed by atoms with Crippen LogP contribution >= 0.6 is 0 Å². The highest BCUT2D eigenvalue weighted by Gasteiger charge is 2.66. The molecule has 13 heavy (non-hydrogen) atoms. The first-order valence-corrected chi connectivity index (χ1v) is 4.58. The van der Waals surface area contributed by atoms with Gasteiger partial charge in [0, 0.05) is 0 Å². The molecule has 4 atom stereocenters. The first kappa shape index (κ1) is 7.30. The maximum atomic E-state index is 11.5. The van der Waals surface area contributed by atoms with E-state index in [0.717, 1.165) is 6.42 Å². The van der Waals surface area contributed by atoms with Crippen LogP contribution in [0.2, 0.25) is 0 Å². The number of hydrogen-bond acceptors (Lipinski definition) is 3. The van der Waals surface area contributed by atoms with E-state index in [9.17, 15) is 9.59 Å². The average molecular weight is 178 g/mol. The second kappa shape index (κ2) is 1.86. The average Bonchev–Trinajstić information content (AvgIpc) is 2.66. The van der Waals surface area contributed by atoms with Gasteiger partial charge in [-0.3, -0.25) is 9.59 Å². The summed E-state index contributed by atoms with van der Waals surface area (Å²) < 4.78 is 4.69. The maximum Gasteiger partial charge on any atom is 0.320 e. The van der Waals surface area contributed by atoms with E-state index in [1.165, 1.54) is 0 Å². The van der Waals surface area contributed by atoms with Gasteiger partial charge in [-0.2, -0.15) is 0 Å². The molecule has 2 fully saturated rings. The highest BCUT2D eigenvalue weighted by molar-refractivity contribution is 6.00. The predicted octanol–water partition coefficient (Wildman–Crippen LogP) is 0.898. The summed E-state index contributed by atoms with van der Waals surface area (Å²) in [5.41, 5.74) is -0.545. The molecule has 3 nitrogen and oxygen atoms in total. The fourth-order valence-electron chi connectivity index (χ4n) is 3.06. The third-order valence-electron chi connectivity index (χ3n) is 3.85. The Labute approximate surface area is 75.8 Å². The number of hydrogen-bond donors (Lipinski definition) is 0. The minimum Gasteiger partial charge on any atom is -0.392 e. The molecule has 1 saturated carbocycles. The van der Waals surface area contributed by atoms with Crippen molar-refractivity contribution in [1.29, 1.82) is 0 Å². The lowest BCUT2D eigenvalue weighted by Gasteiger charge is -2.25. The Morgan fingerprint density at radius 3 is 2.92 bits per heavy atom. The van der Waals surface area contributed by atoms with E-state index in [2.05, 4.69) is 12.2 Å². The predicted molar refractivity (Wildman–Crippen MR) is 43.4 cm³/mol. The van der Waals surface area contributed by atoms with Crippen LogP contribution in [0.1, 0.15) is 13.3 Å². The number of cyclic esters (lactones) is 2. The second-order valence-corrected chi connectivity index (χ2v) is 4.36. The van der Waals surface area contributed by atoms with Crippen LogP contribution in [0.25, 0.3) is 0 Å². The molecule has 2 bridgehead atoms. The van der Waals surface area contributed by atoms with E-state index >= 15 is 0 Å². The quantitative estimate of drug-likeness (QED) is 0.314. The summed E-state index contributed by atoms with van der Waals surface area (Å²) in [6, 6.07) is 0. The van der Waals surface area contributed by atoms with E-state index in [-0.39, 0.29) is 29.7 Å². The van der Waals surface area contributed by atoms with Gasteiger partial charge in [-0.1, -0.05) is 12.2 Å². The zero-order valence-corrected chi connectivity index (χ0v) is 7.32. The Bertz CT molecular complexity index is 344. The number of carbonyl (C=O) groups excluding carboxylic acids is 2. The molecular formula is C10H10O3. The van der Waals surface area contributed by atoms with Gasteiger partial charge >= 0.3 is 11.9 Å². The fourth-order valence-corrected chi connectivity index (χ4v) is 3.06. The molecule has 0 aromatic carbocycles. The van der Waals surface area contributed by atoms with Crippen molar-refractivity contribution in [3.05, 3.63) is 12.2 Å². The summed E-state index contributed by atoms with van der Waals surface area (Å²) in [6.07, 6.45) is 5.06. The van der Waals surface area contributed by atoms with Crippen LogP contribution in [0, 0.1) is 23.2 Å². The molecule has 0 amide bonds. The second-order valence-electron chi connectivity index (χ2n) is 4.36. The molecule has 0 aromatic heterocycles. The molecule has 1 heterocycles. The summed E-state index contributed by atoms with van der Waals surface area (Å²) in [4.78, 5) is 22.9. The molecule has 0 spiro atoms. The van der Waals surface area contributed by atoms with E-state index in [4.69, 9.17) is 4.74 Å². The van der Waals surface area contributed by atoms with Crippen molar-refractivity contribution in [3.63, 3.8) is 0 Å². The molecule has 0 N–H and O–H groups in total. The van der Waals surface area contributed by atoms with Crippen LogP contribution in [-0.2, 0) is 14.3 Å². The molecule has 68 valence electrons. The van der Waals surface area contributed by atoms with Gasteiger partial charge in [0.15, 0.2) is 0 Å². The van der Waals surface area contributed by atoms with E-state index in [0.29, 0.717) is 0 Å². The molecule has 3 rings (SSSR count). The van der Waals surface area contributed by atoms with Crippen molar-refractivity contribution in [2.24, 2.45) is 23.2 Å². The van der Waals surface area contributed by atoms with Crippen LogP contribution in [0.15, 0.2) is 12.2 Å². The lowest BCUT2D eigenvalue weighted by molar-refractivity contribution is -0.156. The Kier molecular flexibility index (Phi) is 1.05. The fraction of sp³-hybridized carbons (Fsp3) is 0.600. The van der Waals surface area contributed by atoms with Crippen molar-refractivity contribution in [2.75, 3.05) is 0 Å². The molecule has 0 radical (unpaired) electrons. The standard InChI is InChI=1S/C10H10O3/c1-10-6-3-2-5(4-6)7(10)8(11)13-9(10)12/h2-3,5-7H,4H2,1H3/t5?,6?,7-,10-/m1/s1. The number of esters is 2. The molecule has 1 aliphatic heterocycles. The molecule has 2 aliphatic carbocycles. The first-order chi connectivity index (χ1) is 6.14. The third kappa shape index (κ3) is 0.598. The lowest BCUT2D eigenvalue weighted by Crippen LogP contribution is -2.34. The summed E-state index contributed by atoms with van der Waals surface area (Å²) in [5, 5.41) is 0. The third-order valence-corrected chi connectivity index (χ3v) is 3.85. The molecule has 3 aliphatic rings. The summed E-state index contributed by atoms with van der Waals surface area (Å²) in [6.45, 7) is 1.86.